The summed E-state index contributed by atoms with van der Waals surface area (Å²) >= 11 is 6.19. The number of pyridine rings is 2. The number of aromatic hydroxyl groups is 1. The maximum atomic E-state index is 11.7. The van der Waals surface area contributed by atoms with Crippen molar-refractivity contribution in [3.8, 4) is 17.0 Å². The molecular weight excluding hydrogens is 326 g/mol. The molecule has 1 fully saturated rings. The van der Waals surface area contributed by atoms with Crippen molar-refractivity contribution in [2.75, 3.05) is 0 Å². The van der Waals surface area contributed by atoms with Gasteiger partial charge >= 0.3 is 0 Å². The normalized spacial score (nSPS) is 15.4. The van der Waals surface area contributed by atoms with Crippen LogP contribution in [-0.4, -0.2) is 21.0 Å². The Kier molecular flexibility index (Phi) is 3.21. The molecule has 0 atom stereocenters. The zero-order chi connectivity index (χ0) is 16.9. The molecule has 5 nitrogen and oxygen atoms in total. The van der Waals surface area contributed by atoms with Crippen LogP contribution < -0.4 is 5.73 Å². The first-order valence-corrected chi connectivity index (χ1v) is 7.94. The first kappa shape index (κ1) is 14.9. The minimum atomic E-state index is -0.661. The lowest BCUT2D eigenvalue weighted by Crippen LogP contribution is -2.29. The molecular formula is C18H14ClN3O2. The van der Waals surface area contributed by atoms with Gasteiger partial charge in [-0.3, -0.25) is 14.8 Å². The van der Waals surface area contributed by atoms with E-state index in [0.29, 0.717) is 45.6 Å². The van der Waals surface area contributed by atoms with Gasteiger partial charge in [0, 0.05) is 28.7 Å². The van der Waals surface area contributed by atoms with E-state index in [1.54, 1.807) is 30.6 Å². The first-order chi connectivity index (χ1) is 11.5. The summed E-state index contributed by atoms with van der Waals surface area (Å²) in [5.74, 6) is -0.345. The van der Waals surface area contributed by atoms with E-state index >= 15 is 0 Å². The minimum absolute atomic E-state index is 0.0172. The van der Waals surface area contributed by atoms with Crippen molar-refractivity contribution in [3.05, 3.63) is 53.4 Å². The fourth-order valence-corrected chi connectivity index (χ4v) is 3.19. The lowest BCUT2D eigenvalue weighted by molar-refractivity contribution is -0.120. The van der Waals surface area contributed by atoms with Gasteiger partial charge in [0.05, 0.1) is 16.1 Å². The maximum Gasteiger partial charge on any atom is 0.229 e. The summed E-state index contributed by atoms with van der Waals surface area (Å²) in [5.41, 5.74) is 6.52. The zero-order valence-electron chi connectivity index (χ0n) is 12.7. The Hall–Kier alpha value is -2.66. The van der Waals surface area contributed by atoms with E-state index in [1.807, 2.05) is 12.1 Å². The molecule has 0 spiro atoms. The Morgan fingerprint density at radius 2 is 1.96 bits per heavy atom. The van der Waals surface area contributed by atoms with E-state index in [2.05, 4.69) is 9.97 Å². The summed E-state index contributed by atoms with van der Waals surface area (Å²) in [6.07, 6.45) is 4.62. The van der Waals surface area contributed by atoms with Crippen molar-refractivity contribution in [2.24, 2.45) is 5.73 Å². The largest absolute Gasteiger partial charge is 0.505 e. The molecule has 1 saturated carbocycles. The second-order valence-corrected chi connectivity index (χ2v) is 6.45. The average molecular weight is 340 g/mol. The van der Waals surface area contributed by atoms with Crippen LogP contribution in [0.5, 0.6) is 5.75 Å². The van der Waals surface area contributed by atoms with Gasteiger partial charge in [0.25, 0.3) is 0 Å². The van der Waals surface area contributed by atoms with Crippen LogP contribution in [0, 0.1) is 0 Å². The van der Waals surface area contributed by atoms with Crippen molar-refractivity contribution in [1.29, 1.82) is 0 Å². The third-order valence-corrected chi connectivity index (χ3v) is 4.92. The maximum absolute atomic E-state index is 11.7. The van der Waals surface area contributed by atoms with E-state index in [0.717, 1.165) is 0 Å². The zero-order valence-corrected chi connectivity index (χ0v) is 13.4. The Labute approximate surface area is 143 Å². The van der Waals surface area contributed by atoms with Crippen molar-refractivity contribution in [3.63, 3.8) is 0 Å². The summed E-state index contributed by atoms with van der Waals surface area (Å²) in [6.45, 7) is 0. The highest BCUT2D eigenvalue weighted by Gasteiger charge is 2.51. The number of halogens is 1. The van der Waals surface area contributed by atoms with Crippen LogP contribution in [0.25, 0.3) is 22.0 Å². The molecule has 0 aliphatic heterocycles. The molecule has 2 aromatic heterocycles. The van der Waals surface area contributed by atoms with Gasteiger partial charge in [0.1, 0.15) is 5.69 Å². The van der Waals surface area contributed by atoms with Crippen LogP contribution in [0.2, 0.25) is 5.02 Å². The summed E-state index contributed by atoms with van der Waals surface area (Å²) in [5, 5.41) is 12.4. The summed E-state index contributed by atoms with van der Waals surface area (Å²) < 4.78 is 0. The third kappa shape index (κ3) is 2.12. The lowest BCUT2D eigenvalue weighted by atomic mass is 9.99. The smallest absolute Gasteiger partial charge is 0.229 e. The van der Waals surface area contributed by atoms with Crippen molar-refractivity contribution in [2.45, 2.75) is 18.3 Å². The molecule has 120 valence electrons. The monoisotopic (exact) mass is 339 g/mol. The van der Waals surface area contributed by atoms with Gasteiger partial charge in [-0.05, 0) is 25.0 Å². The molecule has 1 amide bonds. The molecule has 24 heavy (non-hydrogen) atoms. The number of benzene rings is 1. The highest BCUT2D eigenvalue weighted by Crippen LogP contribution is 2.48. The van der Waals surface area contributed by atoms with Gasteiger partial charge in [-0.25, -0.2) is 0 Å². The number of rotatable bonds is 3. The second-order valence-electron chi connectivity index (χ2n) is 6.04. The molecule has 3 aromatic rings. The molecule has 4 rings (SSSR count). The Balaban J connectivity index is 1.87. The number of primary amides is 1. The van der Waals surface area contributed by atoms with Gasteiger partial charge in [-0.2, -0.15) is 0 Å². The first-order valence-electron chi connectivity index (χ1n) is 7.56. The van der Waals surface area contributed by atoms with Crippen LogP contribution in [0.1, 0.15) is 18.5 Å². The molecule has 1 aliphatic carbocycles. The molecule has 2 heterocycles. The highest BCUT2D eigenvalue weighted by atomic mass is 35.5. The molecule has 1 aliphatic rings. The van der Waals surface area contributed by atoms with Crippen LogP contribution in [0.15, 0.2) is 42.7 Å². The number of amides is 1. The summed E-state index contributed by atoms with van der Waals surface area (Å²) in [6, 6.07) is 8.96. The molecule has 0 saturated heterocycles. The van der Waals surface area contributed by atoms with Crippen molar-refractivity contribution in [1.82, 2.24) is 9.97 Å². The highest BCUT2D eigenvalue weighted by molar-refractivity contribution is 6.33. The third-order valence-electron chi connectivity index (χ3n) is 4.59. The SMILES string of the molecule is NC(=O)C1(c2cc3cnc(-c4ccccc4Cl)c(O)c3cn2)CC1. The lowest BCUT2D eigenvalue weighted by Gasteiger charge is -2.13. The number of aromatic nitrogens is 2. The van der Waals surface area contributed by atoms with Crippen LogP contribution in [0.4, 0.5) is 0 Å². The molecule has 0 bridgehead atoms. The molecule has 0 radical (unpaired) electrons. The topological polar surface area (TPSA) is 89.1 Å². The van der Waals surface area contributed by atoms with Crippen molar-refractivity contribution >= 4 is 28.3 Å². The predicted octanol–water partition coefficient (Wildman–Crippen LogP) is 3.17. The van der Waals surface area contributed by atoms with Crippen molar-refractivity contribution < 1.29 is 9.90 Å². The number of fused-ring (bicyclic) bond motifs is 1. The number of carbonyl (C=O) groups excluding carboxylic acids is 1. The molecule has 0 unspecified atom stereocenters. The van der Waals surface area contributed by atoms with Gasteiger partial charge in [-0.15, -0.1) is 0 Å². The van der Waals surface area contributed by atoms with Gasteiger partial charge in [0.15, 0.2) is 5.75 Å². The number of carbonyl (C=O) groups is 1. The quantitative estimate of drug-likeness (QED) is 0.767. The van der Waals surface area contributed by atoms with Crippen LogP contribution >= 0.6 is 11.6 Å². The van der Waals surface area contributed by atoms with E-state index in [4.69, 9.17) is 17.3 Å². The number of nitrogens with zero attached hydrogens (tertiary/aromatic N) is 2. The summed E-state index contributed by atoms with van der Waals surface area (Å²) in [7, 11) is 0. The van der Waals surface area contributed by atoms with E-state index in [1.165, 1.54) is 0 Å². The van der Waals surface area contributed by atoms with Gasteiger partial charge < -0.3 is 10.8 Å². The van der Waals surface area contributed by atoms with E-state index in [-0.39, 0.29) is 11.7 Å². The number of hydrogen-bond donors (Lipinski definition) is 2. The molecule has 1 aromatic carbocycles. The fourth-order valence-electron chi connectivity index (χ4n) is 2.96. The second kappa shape index (κ2) is 5.18. The standard InChI is InChI=1S/C18H14ClN3O2/c19-13-4-2-1-3-11(13)15-16(23)12-9-21-14(7-10(12)8-22-15)18(5-6-18)17(20)24/h1-4,7-9,23H,5-6H2,(H2,20,24). The van der Waals surface area contributed by atoms with E-state index in [9.17, 15) is 9.90 Å². The van der Waals surface area contributed by atoms with Crippen LogP contribution in [-0.2, 0) is 10.2 Å². The molecule has 6 heteroatoms. The Morgan fingerprint density at radius 1 is 1.21 bits per heavy atom. The van der Waals surface area contributed by atoms with Gasteiger partial charge in [0.2, 0.25) is 5.91 Å². The van der Waals surface area contributed by atoms with E-state index < -0.39 is 5.41 Å². The number of nitrogens with two attached hydrogens (primary N) is 1. The Morgan fingerprint density at radius 3 is 2.62 bits per heavy atom. The number of hydrogen-bond acceptors (Lipinski definition) is 4. The summed E-state index contributed by atoms with van der Waals surface area (Å²) in [4.78, 5) is 20.4. The molecule has 3 N–H and O–H groups in total. The van der Waals surface area contributed by atoms with Crippen LogP contribution in [0.3, 0.4) is 0 Å². The fraction of sp³-hybridized carbons (Fsp3) is 0.167. The Bertz CT molecular complexity index is 983. The minimum Gasteiger partial charge on any atom is -0.505 e. The van der Waals surface area contributed by atoms with Gasteiger partial charge in [-0.1, -0.05) is 29.8 Å². The average Bonchev–Trinajstić information content (AvgIpc) is 3.38. The predicted molar refractivity (Wildman–Crippen MR) is 91.8 cm³/mol.